The maximum atomic E-state index is 13.7. The number of rotatable bonds is 6. The Morgan fingerprint density at radius 2 is 1.94 bits per heavy atom. The smallest absolute Gasteiger partial charge is 0.235 e. The number of fused-ring (bicyclic) bond motifs is 3. The molecule has 0 saturated heterocycles. The molecule has 4 rings (SSSR count). The number of primary amides is 1. The highest BCUT2D eigenvalue weighted by atomic mass is 35.5. The molecular weight excluding hydrogens is 496 g/mol. The first-order valence-corrected chi connectivity index (χ1v) is 11.7. The number of likely N-dealkylation sites (N-methyl/N-ethyl adjacent to an activating group) is 1. The number of anilines is 1. The van der Waals surface area contributed by atoms with Gasteiger partial charge in [-0.2, -0.15) is 0 Å². The normalized spacial score (nSPS) is 31.7. The SMILES string of the molecule is COCCNc1nc(Cl)c2c(c1O)C(=O)C1C(=O)[C@]3(O)C(=O)C(C(N)=O)C(=O)[C@@H](N(C)C)[C@@H]3C[C@@H]1C2. The summed E-state index contributed by atoms with van der Waals surface area (Å²) < 4.78 is 4.95. The van der Waals surface area contributed by atoms with Gasteiger partial charge >= 0.3 is 0 Å². The van der Waals surface area contributed by atoms with Crippen molar-refractivity contribution in [3.05, 3.63) is 16.3 Å². The van der Waals surface area contributed by atoms with E-state index in [0.29, 0.717) is 0 Å². The van der Waals surface area contributed by atoms with Crippen LogP contribution in [0.5, 0.6) is 5.75 Å². The summed E-state index contributed by atoms with van der Waals surface area (Å²) in [7, 11) is 4.52. The van der Waals surface area contributed by atoms with Crippen molar-refractivity contribution >= 4 is 46.5 Å². The first-order valence-electron chi connectivity index (χ1n) is 11.4. The van der Waals surface area contributed by atoms with Gasteiger partial charge in [-0.05, 0) is 32.9 Å². The summed E-state index contributed by atoms with van der Waals surface area (Å²) in [5, 5.41) is 25.1. The average Bonchev–Trinajstić information content (AvgIpc) is 2.79. The van der Waals surface area contributed by atoms with Crippen molar-refractivity contribution in [1.82, 2.24) is 9.88 Å². The second-order valence-electron chi connectivity index (χ2n) is 9.66. The minimum atomic E-state index is -2.77. The van der Waals surface area contributed by atoms with Crippen LogP contribution >= 0.6 is 11.6 Å². The Bertz CT molecular complexity index is 1190. The second kappa shape index (κ2) is 9.18. The summed E-state index contributed by atoms with van der Waals surface area (Å²) in [6.45, 7) is 0.520. The van der Waals surface area contributed by atoms with Gasteiger partial charge in [0.25, 0.3) is 0 Å². The fourth-order valence-electron chi connectivity index (χ4n) is 5.91. The third-order valence-electron chi connectivity index (χ3n) is 7.47. The Hall–Kier alpha value is -2.93. The molecule has 6 atom stereocenters. The van der Waals surface area contributed by atoms with Crippen LogP contribution in [0.25, 0.3) is 0 Å². The fourth-order valence-corrected chi connectivity index (χ4v) is 6.17. The maximum absolute atomic E-state index is 13.7. The number of nitrogens with zero attached hydrogens (tertiary/aromatic N) is 2. The van der Waals surface area contributed by atoms with E-state index in [0.717, 1.165) is 0 Å². The zero-order valence-corrected chi connectivity index (χ0v) is 20.7. The van der Waals surface area contributed by atoms with Crippen LogP contribution in [0.4, 0.5) is 5.82 Å². The number of pyridine rings is 1. The molecule has 36 heavy (non-hydrogen) atoms. The lowest BCUT2D eigenvalue weighted by atomic mass is 9.52. The summed E-state index contributed by atoms with van der Waals surface area (Å²) in [5.41, 5.74) is 2.54. The lowest BCUT2D eigenvalue weighted by Crippen LogP contribution is -2.74. The van der Waals surface area contributed by atoms with E-state index < -0.39 is 70.1 Å². The number of aliphatic hydroxyl groups is 1. The molecule has 1 aromatic rings. The van der Waals surface area contributed by atoms with Crippen molar-refractivity contribution in [2.45, 2.75) is 24.5 Å². The number of halogens is 1. The third-order valence-corrected chi connectivity index (χ3v) is 7.79. The van der Waals surface area contributed by atoms with Crippen molar-refractivity contribution in [2.75, 3.05) is 39.7 Å². The molecule has 194 valence electrons. The van der Waals surface area contributed by atoms with Crippen LogP contribution < -0.4 is 11.1 Å². The molecule has 1 aromatic heterocycles. The third kappa shape index (κ3) is 3.62. The van der Waals surface area contributed by atoms with Crippen molar-refractivity contribution in [3.8, 4) is 5.75 Å². The highest BCUT2D eigenvalue weighted by molar-refractivity contribution is 6.34. The van der Waals surface area contributed by atoms with Gasteiger partial charge in [0.2, 0.25) is 5.91 Å². The molecule has 0 radical (unpaired) electrons. The molecule has 1 heterocycles. The number of hydrogen-bond acceptors (Lipinski definition) is 11. The van der Waals surface area contributed by atoms with Crippen LogP contribution in [-0.4, -0.2) is 95.1 Å². The molecule has 0 bridgehead atoms. The summed E-state index contributed by atoms with van der Waals surface area (Å²) in [5.74, 6) is -11.4. The molecule has 2 fully saturated rings. The van der Waals surface area contributed by atoms with Crippen molar-refractivity contribution < 1.29 is 38.9 Å². The molecule has 5 N–H and O–H groups in total. The van der Waals surface area contributed by atoms with Gasteiger partial charge in [0.15, 0.2) is 46.2 Å². The van der Waals surface area contributed by atoms with E-state index in [9.17, 15) is 34.2 Å². The lowest BCUT2D eigenvalue weighted by Gasteiger charge is -2.52. The van der Waals surface area contributed by atoms with Gasteiger partial charge in [-0.25, -0.2) is 4.98 Å². The molecule has 2 unspecified atom stereocenters. The molecular formula is C23H27ClN4O8. The largest absolute Gasteiger partial charge is 0.504 e. The molecule has 2 saturated carbocycles. The molecule has 1 amide bonds. The number of methoxy groups -OCH3 is 1. The Morgan fingerprint density at radius 1 is 1.28 bits per heavy atom. The molecule has 13 heteroatoms. The van der Waals surface area contributed by atoms with E-state index in [1.165, 1.54) is 26.1 Å². The van der Waals surface area contributed by atoms with Gasteiger partial charge < -0.3 is 26.0 Å². The molecule has 3 aliphatic rings. The highest BCUT2D eigenvalue weighted by Gasteiger charge is 2.69. The van der Waals surface area contributed by atoms with Crippen molar-refractivity contribution in [1.29, 1.82) is 0 Å². The number of ketones is 4. The number of ether oxygens (including phenoxy) is 1. The minimum Gasteiger partial charge on any atom is -0.504 e. The monoisotopic (exact) mass is 522 g/mol. The van der Waals surface area contributed by atoms with Gasteiger partial charge in [-0.3, -0.25) is 28.9 Å². The number of Topliss-reactive ketones (excluding diaryl/α,β-unsaturated/α-hetero) is 4. The van der Waals surface area contributed by atoms with Crippen LogP contribution in [0.1, 0.15) is 22.3 Å². The average molecular weight is 523 g/mol. The zero-order chi connectivity index (χ0) is 26.7. The Balaban J connectivity index is 1.82. The van der Waals surface area contributed by atoms with Crippen LogP contribution in [0.15, 0.2) is 0 Å². The minimum absolute atomic E-state index is 0.0449. The zero-order valence-electron chi connectivity index (χ0n) is 19.9. The number of hydrogen-bond donors (Lipinski definition) is 4. The van der Waals surface area contributed by atoms with Gasteiger partial charge in [0.05, 0.1) is 24.1 Å². The second-order valence-corrected chi connectivity index (χ2v) is 10.0. The van der Waals surface area contributed by atoms with E-state index >= 15 is 0 Å². The number of aromatic nitrogens is 1. The Labute approximate surface area is 211 Å². The number of aromatic hydroxyl groups is 1. The van der Waals surface area contributed by atoms with Crippen LogP contribution in [0.3, 0.4) is 0 Å². The summed E-state index contributed by atoms with van der Waals surface area (Å²) in [4.78, 5) is 71.2. The van der Waals surface area contributed by atoms with E-state index in [1.807, 2.05) is 0 Å². The van der Waals surface area contributed by atoms with E-state index in [-0.39, 0.29) is 48.1 Å². The van der Waals surface area contributed by atoms with Crippen LogP contribution in [0.2, 0.25) is 5.15 Å². The molecule has 0 aliphatic heterocycles. The van der Waals surface area contributed by atoms with E-state index in [1.54, 1.807) is 0 Å². The fraction of sp³-hybridized carbons (Fsp3) is 0.565. The topological polar surface area (TPSA) is 189 Å². The lowest BCUT2D eigenvalue weighted by molar-refractivity contribution is -0.181. The quantitative estimate of drug-likeness (QED) is 0.203. The predicted molar refractivity (Wildman–Crippen MR) is 125 cm³/mol. The first-order chi connectivity index (χ1) is 16.9. The predicted octanol–water partition coefficient (Wildman–Crippen LogP) is -1.03. The standard InChI is InChI=1S/C23H27ClN4O8/c1-28(2)14-10-7-8-6-9-12(17(31)22(27-20(9)24)26-4-5-36-3)15(29)11(8)18(32)23(10,35)19(33)13(16(14)30)21(25)34/h8,10-11,13-14,31,35H,4-7H2,1-3H3,(H2,25,34)(H,26,27)/t8-,10-,11?,13?,14-,23-/m0/s1. The van der Waals surface area contributed by atoms with Crippen LogP contribution in [0, 0.1) is 23.7 Å². The van der Waals surface area contributed by atoms with Gasteiger partial charge in [-0.1, -0.05) is 11.6 Å². The molecule has 0 spiro atoms. The summed E-state index contributed by atoms with van der Waals surface area (Å²) >= 11 is 6.36. The van der Waals surface area contributed by atoms with E-state index in [2.05, 4.69) is 10.3 Å². The van der Waals surface area contributed by atoms with Crippen molar-refractivity contribution in [2.24, 2.45) is 29.4 Å². The maximum Gasteiger partial charge on any atom is 0.235 e. The van der Waals surface area contributed by atoms with E-state index in [4.69, 9.17) is 22.1 Å². The highest BCUT2D eigenvalue weighted by Crippen LogP contribution is 2.51. The number of nitrogens with two attached hydrogens (primary N) is 1. The summed E-state index contributed by atoms with van der Waals surface area (Å²) in [6.07, 6.45) is -0.0155. The summed E-state index contributed by atoms with van der Waals surface area (Å²) in [6, 6.07) is -1.17. The van der Waals surface area contributed by atoms with Crippen LogP contribution in [-0.2, 0) is 30.3 Å². The Kier molecular flexibility index (Phi) is 6.67. The number of nitrogens with one attached hydrogen (secondary N) is 1. The van der Waals surface area contributed by atoms with Crippen molar-refractivity contribution in [3.63, 3.8) is 0 Å². The number of amides is 1. The van der Waals surface area contributed by atoms with Gasteiger partial charge in [0.1, 0.15) is 5.15 Å². The number of carbonyl (C=O) groups excluding carboxylic acids is 5. The first kappa shape index (κ1) is 26.1. The van der Waals surface area contributed by atoms with Gasteiger partial charge in [-0.15, -0.1) is 0 Å². The molecule has 3 aliphatic carbocycles. The van der Waals surface area contributed by atoms with Gasteiger partial charge in [0, 0.05) is 25.1 Å². The molecule has 0 aromatic carbocycles. The Morgan fingerprint density at radius 3 is 2.53 bits per heavy atom. The molecule has 12 nitrogen and oxygen atoms in total. The number of carbonyl (C=O) groups is 5.